The van der Waals surface area contributed by atoms with Crippen molar-refractivity contribution in [2.75, 3.05) is 0 Å². The average Bonchev–Trinajstić information content (AvgIpc) is 2.80. The summed E-state index contributed by atoms with van der Waals surface area (Å²) < 4.78 is 1.20. The van der Waals surface area contributed by atoms with Crippen LogP contribution >= 0.6 is 11.3 Å². The number of rotatable bonds is 5. The second-order valence-electron chi connectivity index (χ2n) is 4.57. The largest absolute Gasteiger partial charge is 0.494 e. The molecule has 0 spiro atoms. The van der Waals surface area contributed by atoms with Crippen LogP contribution in [0.15, 0.2) is 15.0 Å². The van der Waals surface area contributed by atoms with E-state index in [0.717, 1.165) is 17.1 Å². The molecule has 0 saturated heterocycles. The van der Waals surface area contributed by atoms with Crippen molar-refractivity contribution in [3.05, 3.63) is 42.5 Å². The molecule has 7 heteroatoms. The second-order valence-corrected chi connectivity index (χ2v) is 5.63. The highest BCUT2D eigenvalue weighted by Crippen LogP contribution is 2.14. The fraction of sp³-hybridized carbons (Fsp3) is 0.462. The van der Waals surface area contributed by atoms with E-state index in [4.69, 9.17) is 0 Å². The number of aryl methyl sites for hydroxylation is 2. The van der Waals surface area contributed by atoms with Gasteiger partial charge < -0.3 is 5.11 Å². The van der Waals surface area contributed by atoms with Crippen LogP contribution in [0.3, 0.4) is 0 Å². The highest BCUT2D eigenvalue weighted by atomic mass is 32.1. The maximum Gasteiger partial charge on any atom is 0.331 e. The second kappa shape index (κ2) is 6.04. The van der Waals surface area contributed by atoms with Crippen molar-refractivity contribution in [3.63, 3.8) is 0 Å². The molecule has 0 amide bonds. The summed E-state index contributed by atoms with van der Waals surface area (Å²) in [6.07, 6.45) is 1.70. The summed E-state index contributed by atoms with van der Waals surface area (Å²) in [6.45, 7) is 4.12. The molecule has 0 aromatic carbocycles. The SMILES string of the molecule is CCCc1c(O)n(CCc2csc(C)n2)c(=O)[nH]c1=O. The molecule has 0 aliphatic heterocycles. The Kier molecular flexibility index (Phi) is 4.39. The molecule has 108 valence electrons. The van der Waals surface area contributed by atoms with Crippen molar-refractivity contribution < 1.29 is 5.11 Å². The zero-order valence-electron chi connectivity index (χ0n) is 11.5. The van der Waals surface area contributed by atoms with Gasteiger partial charge in [0.2, 0.25) is 5.88 Å². The fourth-order valence-electron chi connectivity index (χ4n) is 2.03. The average molecular weight is 295 g/mol. The molecule has 2 N–H and O–H groups in total. The minimum Gasteiger partial charge on any atom is -0.494 e. The Morgan fingerprint density at radius 3 is 2.75 bits per heavy atom. The number of H-pyrrole nitrogens is 1. The molecule has 2 rings (SSSR count). The minimum atomic E-state index is -0.584. The monoisotopic (exact) mass is 295 g/mol. The normalized spacial score (nSPS) is 10.9. The molecule has 2 heterocycles. The van der Waals surface area contributed by atoms with Crippen LogP contribution < -0.4 is 11.2 Å². The summed E-state index contributed by atoms with van der Waals surface area (Å²) in [4.78, 5) is 30.0. The third-order valence-corrected chi connectivity index (χ3v) is 3.85. The van der Waals surface area contributed by atoms with Gasteiger partial charge in [-0.1, -0.05) is 13.3 Å². The van der Waals surface area contributed by atoms with Crippen molar-refractivity contribution in [3.8, 4) is 5.88 Å². The molecule has 0 fully saturated rings. The number of hydrogen-bond donors (Lipinski definition) is 2. The highest BCUT2D eigenvalue weighted by molar-refractivity contribution is 7.09. The first-order chi connectivity index (χ1) is 9.52. The van der Waals surface area contributed by atoms with Gasteiger partial charge in [-0.25, -0.2) is 9.78 Å². The fourth-order valence-corrected chi connectivity index (χ4v) is 2.68. The lowest BCUT2D eigenvalue weighted by atomic mass is 10.2. The molecule has 0 atom stereocenters. The first kappa shape index (κ1) is 14.5. The predicted molar refractivity (Wildman–Crippen MR) is 77.5 cm³/mol. The standard InChI is InChI=1S/C13H17N3O3S/c1-3-4-10-11(17)15-13(19)16(12(10)18)6-5-9-7-20-8(2)14-9/h7,18H,3-6H2,1-2H3,(H,15,17,19). The number of aromatic nitrogens is 3. The number of hydrogen-bond acceptors (Lipinski definition) is 5. The quantitative estimate of drug-likeness (QED) is 0.867. The smallest absolute Gasteiger partial charge is 0.331 e. The van der Waals surface area contributed by atoms with Crippen molar-refractivity contribution >= 4 is 11.3 Å². The van der Waals surface area contributed by atoms with E-state index < -0.39 is 11.2 Å². The summed E-state index contributed by atoms with van der Waals surface area (Å²) >= 11 is 1.54. The van der Waals surface area contributed by atoms with Gasteiger partial charge >= 0.3 is 5.69 Å². The third kappa shape index (κ3) is 2.98. The van der Waals surface area contributed by atoms with Crippen LogP contribution in [0.25, 0.3) is 0 Å². The number of thiazole rings is 1. The summed E-state index contributed by atoms with van der Waals surface area (Å²) in [5.74, 6) is -0.229. The van der Waals surface area contributed by atoms with Crippen LogP contribution in [0.1, 0.15) is 29.6 Å². The lowest BCUT2D eigenvalue weighted by molar-refractivity contribution is 0.392. The zero-order valence-corrected chi connectivity index (χ0v) is 12.3. The molecule has 0 radical (unpaired) electrons. The van der Waals surface area contributed by atoms with Gasteiger partial charge in [0, 0.05) is 18.3 Å². The lowest BCUT2D eigenvalue weighted by Crippen LogP contribution is -2.32. The summed E-state index contributed by atoms with van der Waals surface area (Å²) in [6, 6.07) is 0. The topological polar surface area (TPSA) is 88.0 Å². The Morgan fingerprint density at radius 2 is 2.15 bits per heavy atom. The van der Waals surface area contributed by atoms with Crippen molar-refractivity contribution in [2.24, 2.45) is 0 Å². The van der Waals surface area contributed by atoms with Gasteiger partial charge in [0.15, 0.2) is 0 Å². The summed E-state index contributed by atoms with van der Waals surface area (Å²) in [5, 5.41) is 13.0. The molecular weight excluding hydrogens is 278 g/mol. The van der Waals surface area contributed by atoms with Gasteiger partial charge in [-0.05, 0) is 13.3 Å². The maximum absolute atomic E-state index is 11.8. The molecule has 20 heavy (non-hydrogen) atoms. The molecule has 6 nitrogen and oxygen atoms in total. The summed E-state index contributed by atoms with van der Waals surface area (Å²) in [5.41, 5.74) is 0.0537. The van der Waals surface area contributed by atoms with Crippen molar-refractivity contribution in [2.45, 2.75) is 39.7 Å². The van der Waals surface area contributed by atoms with Gasteiger partial charge in [0.25, 0.3) is 5.56 Å². The van der Waals surface area contributed by atoms with Gasteiger partial charge in [0.1, 0.15) is 0 Å². The van der Waals surface area contributed by atoms with Gasteiger partial charge in [-0.15, -0.1) is 11.3 Å². The maximum atomic E-state index is 11.8. The third-order valence-electron chi connectivity index (χ3n) is 3.02. The molecule has 0 unspecified atom stereocenters. The van der Waals surface area contributed by atoms with Crippen LogP contribution in [-0.2, 0) is 19.4 Å². The molecule has 2 aromatic heterocycles. The van der Waals surface area contributed by atoms with E-state index in [2.05, 4.69) is 9.97 Å². The van der Waals surface area contributed by atoms with Crippen LogP contribution in [0.2, 0.25) is 0 Å². The first-order valence-corrected chi connectivity index (χ1v) is 7.36. The minimum absolute atomic E-state index is 0.229. The van der Waals surface area contributed by atoms with E-state index in [1.807, 2.05) is 19.2 Å². The van der Waals surface area contributed by atoms with Crippen LogP contribution in [0.4, 0.5) is 0 Å². The van der Waals surface area contributed by atoms with Crippen LogP contribution in [0, 0.1) is 6.92 Å². The van der Waals surface area contributed by atoms with Crippen LogP contribution in [0.5, 0.6) is 5.88 Å². The molecular formula is C13H17N3O3S. The van der Waals surface area contributed by atoms with E-state index in [0.29, 0.717) is 19.4 Å². The van der Waals surface area contributed by atoms with Crippen molar-refractivity contribution in [1.29, 1.82) is 0 Å². The Morgan fingerprint density at radius 1 is 1.40 bits per heavy atom. The van der Waals surface area contributed by atoms with Crippen LogP contribution in [-0.4, -0.2) is 19.6 Å². The van der Waals surface area contributed by atoms with Gasteiger partial charge in [-0.2, -0.15) is 0 Å². The molecule has 0 bridgehead atoms. The number of aromatic amines is 1. The number of nitrogens with one attached hydrogen (secondary N) is 1. The molecule has 0 saturated carbocycles. The zero-order chi connectivity index (χ0) is 14.7. The predicted octanol–water partition coefficient (Wildman–Crippen LogP) is 1.20. The van der Waals surface area contributed by atoms with E-state index in [1.54, 1.807) is 11.3 Å². The number of aromatic hydroxyl groups is 1. The van der Waals surface area contributed by atoms with E-state index in [1.165, 1.54) is 4.57 Å². The summed E-state index contributed by atoms with van der Waals surface area (Å²) in [7, 11) is 0. The van der Waals surface area contributed by atoms with E-state index in [9.17, 15) is 14.7 Å². The molecule has 2 aromatic rings. The Bertz CT molecular complexity index is 714. The lowest BCUT2D eigenvalue weighted by Gasteiger charge is -2.10. The Balaban J connectivity index is 2.29. The molecule has 0 aliphatic rings. The van der Waals surface area contributed by atoms with E-state index in [-0.39, 0.29) is 11.4 Å². The van der Waals surface area contributed by atoms with Gasteiger partial charge in [-0.3, -0.25) is 14.3 Å². The first-order valence-electron chi connectivity index (χ1n) is 6.49. The highest BCUT2D eigenvalue weighted by Gasteiger charge is 2.13. The van der Waals surface area contributed by atoms with Crippen molar-refractivity contribution in [1.82, 2.24) is 14.5 Å². The Labute approximate surface area is 119 Å². The Hall–Kier alpha value is -1.89. The molecule has 0 aliphatic carbocycles. The van der Waals surface area contributed by atoms with E-state index >= 15 is 0 Å². The van der Waals surface area contributed by atoms with Gasteiger partial charge in [0.05, 0.1) is 16.3 Å². The number of nitrogens with zero attached hydrogens (tertiary/aromatic N) is 2.